The van der Waals surface area contributed by atoms with Crippen molar-refractivity contribution in [2.24, 2.45) is 5.92 Å². The smallest absolute Gasteiger partial charge is 0.00683 e. The molecule has 0 aromatic carbocycles. The normalized spacial score (nSPS) is 24.5. The van der Waals surface area contributed by atoms with Crippen LogP contribution >= 0.6 is 0 Å². The van der Waals surface area contributed by atoms with Crippen LogP contribution in [-0.2, 0) is 0 Å². The fourth-order valence-electron chi connectivity index (χ4n) is 2.60. The van der Waals surface area contributed by atoms with Crippen LogP contribution in [0.5, 0.6) is 0 Å². The molecule has 0 spiro atoms. The zero-order valence-electron chi connectivity index (χ0n) is 10.1. The standard InChI is InChI=1S/C14H25N/c1-12(13-7-3-2-4-8-13)6-5-11-15-14-9-10-14/h6,13-15H,2-5,7-11H2,1H3. The molecule has 1 N–H and O–H groups in total. The Labute approximate surface area is 94.3 Å². The van der Waals surface area contributed by atoms with Crippen LogP contribution in [0.15, 0.2) is 11.6 Å². The summed E-state index contributed by atoms with van der Waals surface area (Å²) < 4.78 is 0. The van der Waals surface area contributed by atoms with Crippen molar-refractivity contribution in [3.63, 3.8) is 0 Å². The average Bonchev–Trinajstić information content (AvgIpc) is 3.09. The van der Waals surface area contributed by atoms with Crippen LogP contribution in [-0.4, -0.2) is 12.6 Å². The molecule has 0 aromatic rings. The van der Waals surface area contributed by atoms with Crippen molar-refractivity contribution in [1.29, 1.82) is 0 Å². The molecule has 2 aliphatic carbocycles. The fourth-order valence-corrected chi connectivity index (χ4v) is 2.60. The summed E-state index contributed by atoms with van der Waals surface area (Å²) in [5.74, 6) is 0.916. The number of rotatable bonds is 5. The Hall–Kier alpha value is -0.300. The van der Waals surface area contributed by atoms with Crippen molar-refractivity contribution in [2.45, 2.75) is 64.3 Å². The number of hydrogen-bond donors (Lipinski definition) is 1. The first kappa shape index (κ1) is 11.2. The van der Waals surface area contributed by atoms with Gasteiger partial charge in [0.25, 0.3) is 0 Å². The molecule has 0 bridgehead atoms. The van der Waals surface area contributed by atoms with E-state index in [4.69, 9.17) is 0 Å². The Kier molecular flexibility index (Phi) is 4.25. The molecule has 0 heterocycles. The largest absolute Gasteiger partial charge is 0.314 e. The van der Waals surface area contributed by atoms with E-state index in [1.165, 1.54) is 57.9 Å². The maximum absolute atomic E-state index is 3.57. The summed E-state index contributed by atoms with van der Waals surface area (Å²) in [5.41, 5.74) is 1.66. The first-order valence-electron chi connectivity index (χ1n) is 6.76. The second kappa shape index (κ2) is 5.69. The van der Waals surface area contributed by atoms with Crippen molar-refractivity contribution in [1.82, 2.24) is 5.32 Å². The molecule has 1 nitrogen and oxygen atoms in total. The molecule has 0 unspecified atom stereocenters. The summed E-state index contributed by atoms with van der Waals surface area (Å²) in [6.07, 6.45) is 13.8. The lowest BCUT2D eigenvalue weighted by Crippen LogP contribution is -2.17. The van der Waals surface area contributed by atoms with Crippen LogP contribution in [0.2, 0.25) is 0 Å². The Balaban J connectivity index is 1.63. The topological polar surface area (TPSA) is 12.0 Å². The highest BCUT2D eigenvalue weighted by molar-refractivity contribution is 5.04. The highest BCUT2D eigenvalue weighted by atomic mass is 14.9. The number of hydrogen-bond acceptors (Lipinski definition) is 1. The SMILES string of the molecule is CC(=CCCNC1CC1)C1CCCCC1. The monoisotopic (exact) mass is 207 g/mol. The molecule has 0 aliphatic heterocycles. The minimum Gasteiger partial charge on any atom is -0.314 e. The van der Waals surface area contributed by atoms with Gasteiger partial charge in [-0.05, 0) is 51.5 Å². The van der Waals surface area contributed by atoms with Crippen LogP contribution in [0.4, 0.5) is 0 Å². The molecule has 15 heavy (non-hydrogen) atoms. The highest BCUT2D eigenvalue weighted by Crippen LogP contribution is 2.29. The minimum absolute atomic E-state index is 0.869. The van der Waals surface area contributed by atoms with Crippen LogP contribution in [0.3, 0.4) is 0 Å². The molecule has 2 rings (SSSR count). The fraction of sp³-hybridized carbons (Fsp3) is 0.857. The van der Waals surface area contributed by atoms with E-state index in [0.717, 1.165) is 12.0 Å². The van der Waals surface area contributed by atoms with E-state index in [0.29, 0.717) is 0 Å². The van der Waals surface area contributed by atoms with Gasteiger partial charge in [-0.25, -0.2) is 0 Å². The summed E-state index contributed by atoms with van der Waals surface area (Å²) in [6.45, 7) is 3.53. The van der Waals surface area contributed by atoms with Gasteiger partial charge in [-0.2, -0.15) is 0 Å². The van der Waals surface area contributed by atoms with Crippen molar-refractivity contribution >= 4 is 0 Å². The summed E-state index contributed by atoms with van der Waals surface area (Å²) in [5, 5.41) is 3.57. The first-order valence-corrected chi connectivity index (χ1v) is 6.76. The first-order chi connectivity index (χ1) is 7.36. The Morgan fingerprint density at radius 2 is 1.87 bits per heavy atom. The number of nitrogens with one attached hydrogen (secondary N) is 1. The molecule has 1 heteroatoms. The third-order valence-electron chi connectivity index (χ3n) is 3.87. The van der Waals surface area contributed by atoms with E-state index in [-0.39, 0.29) is 0 Å². The average molecular weight is 207 g/mol. The zero-order valence-corrected chi connectivity index (χ0v) is 10.1. The van der Waals surface area contributed by atoms with Crippen LogP contribution in [0.25, 0.3) is 0 Å². The van der Waals surface area contributed by atoms with Gasteiger partial charge < -0.3 is 5.32 Å². The Morgan fingerprint density at radius 3 is 2.53 bits per heavy atom. The summed E-state index contributed by atoms with van der Waals surface area (Å²) >= 11 is 0. The molecule has 2 fully saturated rings. The zero-order chi connectivity index (χ0) is 10.5. The predicted octanol–water partition coefficient (Wildman–Crippen LogP) is 3.66. The van der Waals surface area contributed by atoms with Gasteiger partial charge in [-0.1, -0.05) is 30.9 Å². The summed E-state index contributed by atoms with van der Waals surface area (Å²) in [6, 6.07) is 0.869. The lowest BCUT2D eigenvalue weighted by Gasteiger charge is -2.22. The van der Waals surface area contributed by atoms with Gasteiger partial charge in [0.15, 0.2) is 0 Å². The van der Waals surface area contributed by atoms with E-state index in [1.807, 2.05) is 0 Å². The third kappa shape index (κ3) is 3.98. The Bertz CT molecular complexity index is 209. The lowest BCUT2D eigenvalue weighted by atomic mass is 9.84. The van der Waals surface area contributed by atoms with E-state index >= 15 is 0 Å². The molecule has 0 amide bonds. The van der Waals surface area contributed by atoms with Crippen molar-refractivity contribution < 1.29 is 0 Å². The molecule has 0 radical (unpaired) electrons. The second-order valence-electron chi connectivity index (χ2n) is 5.30. The van der Waals surface area contributed by atoms with Gasteiger partial charge in [0.1, 0.15) is 0 Å². The van der Waals surface area contributed by atoms with Crippen LogP contribution in [0, 0.1) is 5.92 Å². The molecular weight excluding hydrogens is 182 g/mol. The van der Waals surface area contributed by atoms with Crippen molar-refractivity contribution in [3.05, 3.63) is 11.6 Å². The third-order valence-corrected chi connectivity index (χ3v) is 3.87. The van der Waals surface area contributed by atoms with Crippen LogP contribution < -0.4 is 5.32 Å². The molecule has 2 aliphatic rings. The maximum Gasteiger partial charge on any atom is 0.00683 e. The van der Waals surface area contributed by atoms with E-state index in [1.54, 1.807) is 5.57 Å². The molecule has 0 atom stereocenters. The van der Waals surface area contributed by atoms with E-state index in [9.17, 15) is 0 Å². The lowest BCUT2D eigenvalue weighted by molar-refractivity contribution is 0.402. The number of allylic oxidation sites excluding steroid dienone is 1. The maximum atomic E-state index is 3.57. The van der Waals surface area contributed by atoms with E-state index in [2.05, 4.69) is 18.3 Å². The Morgan fingerprint density at radius 1 is 1.13 bits per heavy atom. The van der Waals surface area contributed by atoms with Gasteiger partial charge in [0.2, 0.25) is 0 Å². The quantitative estimate of drug-likeness (QED) is 0.536. The highest BCUT2D eigenvalue weighted by Gasteiger charge is 2.19. The van der Waals surface area contributed by atoms with Gasteiger partial charge in [-0.3, -0.25) is 0 Å². The molecule has 0 saturated heterocycles. The van der Waals surface area contributed by atoms with Crippen LogP contribution in [0.1, 0.15) is 58.3 Å². The van der Waals surface area contributed by atoms with Gasteiger partial charge in [0, 0.05) is 6.04 Å². The van der Waals surface area contributed by atoms with Gasteiger partial charge in [0.05, 0.1) is 0 Å². The predicted molar refractivity (Wildman–Crippen MR) is 66.0 cm³/mol. The molecule has 0 aromatic heterocycles. The van der Waals surface area contributed by atoms with E-state index < -0.39 is 0 Å². The summed E-state index contributed by atoms with van der Waals surface area (Å²) in [7, 11) is 0. The molecular formula is C14H25N. The molecule has 2 saturated carbocycles. The van der Waals surface area contributed by atoms with Gasteiger partial charge >= 0.3 is 0 Å². The van der Waals surface area contributed by atoms with Gasteiger partial charge in [-0.15, -0.1) is 0 Å². The second-order valence-corrected chi connectivity index (χ2v) is 5.30. The van der Waals surface area contributed by atoms with Crippen molar-refractivity contribution in [3.8, 4) is 0 Å². The summed E-state index contributed by atoms with van der Waals surface area (Å²) in [4.78, 5) is 0. The molecule has 86 valence electrons. The minimum atomic E-state index is 0.869. The van der Waals surface area contributed by atoms with Crippen molar-refractivity contribution in [2.75, 3.05) is 6.54 Å².